The van der Waals surface area contributed by atoms with Gasteiger partial charge in [-0.05, 0) is 227 Å². The summed E-state index contributed by atoms with van der Waals surface area (Å²) in [5.74, 6) is 1.34. The number of rotatable bonds is 14. The summed E-state index contributed by atoms with van der Waals surface area (Å²) in [6.45, 7) is 27.9. The molecule has 6 aliphatic rings. The van der Waals surface area contributed by atoms with Gasteiger partial charge in [0.2, 0.25) is 67.4 Å². The maximum atomic E-state index is 13.1. The highest BCUT2D eigenvalue weighted by atomic mass is 35.5. The number of aryl methyl sites for hydroxylation is 1. The number of carbonyl (C=O) groups is 2. The monoisotopic (exact) mass is 2020 g/mol. The van der Waals surface area contributed by atoms with Gasteiger partial charge in [0.25, 0.3) is 10.1 Å². The molecule has 6 saturated heterocycles. The average molecular weight is 2020 g/mol. The molecule has 0 saturated carbocycles. The topological polar surface area (TPSA) is 436 Å². The standard InChI is InChI=1S/C21H22FN5O4S.C13H12Cl2FN5.C13H13ClFN5O.C13H14FN5O.C12H17Cl2N5O2.C12H18ClN5O3/c1-16-2-8-19(9-3-16)32(29,30)31-15-27-14-23-20(24-21(27)28)26-12-10-25(11-13-26)18-6-4-17(22)5-7-18;14-11-17-12(15)19-13(18-11)21-7-5-20(6-8-21)10-3-1-9(16)2-4-10;14-11-16-12(18-13(21)17-11)20-7-5-19(6-8-20)10-3-1-9(15)2-4-10;14-10-1-3-11(4-2-10)18-5-7-19(8-6-18)12-15-9-16-13(20)17-12;1-12(2,3)21-11(20)19-6-4-18(5-7-19)10-16-8(13)15-9(14)17-10;1-12(2,3)21-11(20)18-6-4-17(5-7-18)9-14-8(13)15-10(19)16-9/h2-9,14H,10-13,15H2,1H3;1-4H,5-8H2;1-4H,5-8H2,(H,16,17,18,21);1-4,9H,5-8H2,(H,15,16,17,20);4-7H2,1-3H3;4-7H2,1-3H3,(H,14,15,16,19). The van der Waals surface area contributed by atoms with Crippen LogP contribution in [0.15, 0.2) is 158 Å². The molecule has 12 heterocycles. The quantitative estimate of drug-likeness (QED) is 0.0673. The minimum absolute atomic E-state index is 0.000396. The first-order valence-corrected chi connectivity index (χ1v) is 46.1. The van der Waals surface area contributed by atoms with Crippen LogP contribution in [0.5, 0.6) is 0 Å². The Morgan fingerprint density at radius 2 is 0.654 bits per heavy atom. The first kappa shape index (κ1) is 102. The van der Waals surface area contributed by atoms with Crippen molar-refractivity contribution in [2.24, 2.45) is 0 Å². The van der Waals surface area contributed by atoms with Gasteiger partial charge in [-0.1, -0.05) is 17.7 Å². The van der Waals surface area contributed by atoms with Crippen LogP contribution in [0.3, 0.4) is 0 Å². The van der Waals surface area contributed by atoms with E-state index < -0.39 is 50.8 Å². The predicted molar refractivity (Wildman–Crippen MR) is 507 cm³/mol. The number of hydrogen-bond donors (Lipinski definition) is 3. The summed E-state index contributed by atoms with van der Waals surface area (Å²) in [7, 11) is -4.01. The molecule has 2 amide bonds. The van der Waals surface area contributed by atoms with Crippen LogP contribution in [0, 0.1) is 30.2 Å². The summed E-state index contributed by atoms with van der Waals surface area (Å²) in [5.41, 5.74) is 1.71. The first-order chi connectivity index (χ1) is 64.7. The Balaban J connectivity index is 0.000000148. The number of H-pyrrole nitrogens is 3. The fourth-order valence-corrected chi connectivity index (χ4v) is 15.8. The molecule has 136 heavy (non-hydrogen) atoms. The van der Waals surface area contributed by atoms with Gasteiger partial charge in [0.05, 0.1) is 4.90 Å². The highest BCUT2D eigenvalue weighted by Crippen LogP contribution is 2.27. The molecule has 41 nitrogen and oxygen atoms in total. The lowest BCUT2D eigenvalue weighted by Crippen LogP contribution is -2.50. The van der Waals surface area contributed by atoms with Crippen molar-refractivity contribution in [1.82, 2.24) is 99.1 Å². The van der Waals surface area contributed by atoms with Crippen molar-refractivity contribution >= 4 is 150 Å². The van der Waals surface area contributed by atoms with E-state index in [1.54, 1.807) is 70.5 Å². The zero-order chi connectivity index (χ0) is 97.5. The van der Waals surface area contributed by atoms with Crippen molar-refractivity contribution in [3.63, 3.8) is 0 Å². The van der Waals surface area contributed by atoms with Crippen LogP contribution in [0.4, 0.5) is 85.6 Å². The molecule has 0 atom stereocenters. The minimum Gasteiger partial charge on any atom is -0.444 e. The number of halogens is 10. The van der Waals surface area contributed by atoms with E-state index >= 15 is 0 Å². The fourth-order valence-electron chi connectivity index (χ4n) is 13.9. The van der Waals surface area contributed by atoms with Crippen molar-refractivity contribution in [2.45, 2.75) is 71.3 Å². The van der Waals surface area contributed by atoms with Gasteiger partial charge in [-0.25, -0.2) is 60.5 Å². The molecule has 0 bridgehead atoms. The van der Waals surface area contributed by atoms with Crippen molar-refractivity contribution < 1.29 is 49.2 Å². The van der Waals surface area contributed by atoms with Crippen LogP contribution in [0.1, 0.15) is 47.1 Å². The number of nitrogens with zero attached hydrogens (tertiary/aromatic N) is 27. The number of piperazine rings is 6. The molecule has 6 fully saturated rings. The van der Waals surface area contributed by atoms with Crippen LogP contribution in [-0.2, 0) is 30.5 Å². The highest BCUT2D eigenvalue weighted by Gasteiger charge is 2.32. The molecule has 6 aromatic heterocycles. The maximum absolute atomic E-state index is 13.1. The van der Waals surface area contributed by atoms with Gasteiger partial charge < -0.3 is 68.3 Å². The number of ether oxygens (including phenoxy) is 2. The number of amides is 2. The van der Waals surface area contributed by atoms with Crippen molar-refractivity contribution in [3.05, 3.63) is 236 Å². The lowest BCUT2D eigenvalue weighted by molar-refractivity contribution is 0.0229. The number of aromatic nitrogens is 18. The molecule has 5 aromatic carbocycles. The molecule has 3 N–H and O–H groups in total. The zero-order valence-corrected chi connectivity index (χ0v) is 80.0. The molecular formula is C84H96Cl6F4N30O11S. The molecule has 724 valence electrons. The number of anilines is 10. The summed E-state index contributed by atoms with van der Waals surface area (Å²) < 4.78 is 93.1. The SMILES string of the molecule is CC(C)(C)OC(=O)N1CCN(c2nc(Cl)[nH]c(=O)n2)CC1.CC(C)(C)OC(=O)N1CCN(c2nc(Cl)nc(Cl)n2)CC1.Cc1ccc(S(=O)(=O)OCn2cnc(N3CCN(c4ccc(F)cc4)CC3)nc2=O)cc1.Fc1ccc(N2CCN(c3nc(Cl)nc(Cl)n3)CC2)cc1.O=c1nc(N2CCN(c3ccc(F)cc3)CC2)nc(Cl)[nH]1.O=c1ncnc(N2CCN(c3ccc(F)cc3)CC2)[nH]1. The van der Waals surface area contributed by atoms with E-state index in [4.69, 9.17) is 83.3 Å². The molecule has 52 heteroatoms. The number of nitrogens with one attached hydrogen (secondary N) is 3. The van der Waals surface area contributed by atoms with Gasteiger partial charge in [0, 0.05) is 180 Å². The third kappa shape index (κ3) is 30.9. The lowest BCUT2D eigenvalue weighted by Gasteiger charge is -2.36. The van der Waals surface area contributed by atoms with E-state index in [0.717, 1.165) is 98.3 Å². The second-order valence-corrected chi connectivity index (χ2v) is 36.3. The Kier molecular flexibility index (Phi) is 35.4. The maximum Gasteiger partial charge on any atom is 0.410 e. The van der Waals surface area contributed by atoms with E-state index in [9.17, 15) is 54.7 Å². The normalized spacial score (nSPS) is 15.4. The van der Waals surface area contributed by atoms with Gasteiger partial charge in [-0.15, -0.1) is 0 Å². The zero-order valence-electron chi connectivity index (χ0n) is 74.6. The number of aromatic amines is 3. The smallest absolute Gasteiger partial charge is 0.410 e. The molecule has 0 unspecified atom stereocenters. The third-order valence-electron chi connectivity index (χ3n) is 20.8. The largest absolute Gasteiger partial charge is 0.444 e. The summed E-state index contributed by atoms with van der Waals surface area (Å²) in [4.78, 5) is 156. The molecule has 6 aliphatic heterocycles. The minimum atomic E-state index is -4.01. The van der Waals surface area contributed by atoms with E-state index in [2.05, 4.69) is 104 Å². The molecule has 0 radical (unpaired) electrons. The molecule has 17 rings (SSSR count). The summed E-state index contributed by atoms with van der Waals surface area (Å²) in [6.07, 6.45) is 1.84. The second kappa shape index (κ2) is 47.2. The predicted octanol–water partition coefficient (Wildman–Crippen LogP) is 9.45. The van der Waals surface area contributed by atoms with Crippen LogP contribution in [0.25, 0.3) is 0 Å². The van der Waals surface area contributed by atoms with Crippen molar-refractivity contribution in [1.29, 1.82) is 0 Å². The number of benzene rings is 5. The van der Waals surface area contributed by atoms with Crippen molar-refractivity contribution in [2.75, 3.05) is 206 Å². The molecular weight excluding hydrogens is 1930 g/mol. The van der Waals surface area contributed by atoms with Crippen molar-refractivity contribution in [3.8, 4) is 0 Å². The Hall–Kier alpha value is -12.7. The fraction of sp³-hybridized carbons (Fsp3) is 0.405. The van der Waals surface area contributed by atoms with Gasteiger partial charge in [-0.3, -0.25) is 19.5 Å². The molecule has 0 aliphatic carbocycles. The van der Waals surface area contributed by atoms with E-state index in [1.807, 2.05) is 77.9 Å². The van der Waals surface area contributed by atoms with E-state index in [0.29, 0.717) is 115 Å². The van der Waals surface area contributed by atoms with Gasteiger partial charge in [-0.2, -0.15) is 68.2 Å². The number of carbonyl (C=O) groups excluding carboxylic acids is 2. The molecule has 0 spiro atoms. The molecule has 11 aromatic rings. The van der Waals surface area contributed by atoms with Gasteiger partial charge in [0.15, 0.2) is 0 Å². The first-order valence-electron chi connectivity index (χ1n) is 42.5. The number of hydrogen-bond acceptors (Lipinski definition) is 35. The van der Waals surface area contributed by atoms with E-state index in [-0.39, 0.29) is 83.9 Å². The Labute approximate surface area is 807 Å². The summed E-state index contributed by atoms with van der Waals surface area (Å²) >= 11 is 34.5. The summed E-state index contributed by atoms with van der Waals surface area (Å²) in [5, 5.41) is 0.321. The van der Waals surface area contributed by atoms with Crippen LogP contribution >= 0.6 is 69.6 Å². The third-order valence-corrected chi connectivity index (χ3v) is 23.1. The second-order valence-electron chi connectivity index (χ2n) is 32.6. The van der Waals surface area contributed by atoms with Crippen LogP contribution < -0.4 is 71.8 Å². The van der Waals surface area contributed by atoms with Crippen LogP contribution in [0.2, 0.25) is 31.7 Å². The van der Waals surface area contributed by atoms with Gasteiger partial charge in [0.1, 0.15) is 53.9 Å². The summed E-state index contributed by atoms with van der Waals surface area (Å²) in [6, 6.07) is 31.9. The Morgan fingerprint density at radius 3 is 0.963 bits per heavy atom. The Morgan fingerprint density at radius 1 is 0.353 bits per heavy atom. The lowest BCUT2D eigenvalue weighted by atomic mass is 10.2. The highest BCUT2D eigenvalue weighted by molar-refractivity contribution is 7.86. The van der Waals surface area contributed by atoms with Crippen LogP contribution in [-0.4, -0.2) is 288 Å². The van der Waals surface area contributed by atoms with E-state index in [1.165, 1.54) is 73.3 Å². The average Bonchev–Trinajstić information content (AvgIpc) is 0.813. The van der Waals surface area contributed by atoms with Gasteiger partial charge >= 0.3 is 34.9 Å². The Bertz CT molecular complexity index is 6150.